The number of ether oxygens (including phenoxy) is 1. The van der Waals surface area contributed by atoms with Crippen LogP contribution >= 0.6 is 15.9 Å². The molecule has 1 saturated heterocycles. The molecule has 0 saturated carbocycles. The second-order valence-electron chi connectivity index (χ2n) is 8.07. The number of benzene rings is 2. The van der Waals surface area contributed by atoms with E-state index in [0.717, 1.165) is 15.6 Å². The normalized spacial score (nSPS) is 22.8. The Hall–Kier alpha value is -2.14. The van der Waals surface area contributed by atoms with E-state index in [2.05, 4.69) is 15.9 Å². The van der Waals surface area contributed by atoms with Gasteiger partial charge in [-0.2, -0.15) is 0 Å². The molecule has 2 aromatic rings. The van der Waals surface area contributed by atoms with Crippen LogP contribution in [0.1, 0.15) is 44.7 Å². The van der Waals surface area contributed by atoms with Crippen molar-refractivity contribution in [3.63, 3.8) is 0 Å². The number of amides is 2. The minimum absolute atomic E-state index is 0.159. The molecule has 1 heterocycles. The maximum absolute atomic E-state index is 13.4. The second kappa shape index (κ2) is 7.12. The molecule has 2 amide bonds. The summed E-state index contributed by atoms with van der Waals surface area (Å²) >= 11 is 3.46. The average molecular weight is 430 g/mol. The maximum atomic E-state index is 13.4. The minimum Gasteiger partial charge on any atom is -0.443 e. The number of carbonyl (C=O) groups is 2. The quantitative estimate of drug-likeness (QED) is 0.653. The highest BCUT2D eigenvalue weighted by molar-refractivity contribution is 9.10. The molecule has 2 atom stereocenters. The monoisotopic (exact) mass is 429 g/mol. The first kappa shape index (κ1) is 19.6. The lowest BCUT2D eigenvalue weighted by Gasteiger charge is -2.29. The molecule has 3 rings (SSSR count). The van der Waals surface area contributed by atoms with Crippen LogP contribution in [0, 0.1) is 0 Å². The SMILES string of the molecule is CC(C)(C)OC(=O)N1C[C@@H](c2ccc(Br)cc2)[C@@](C)(c2ccccc2)C1=O. The number of likely N-dealkylation sites (tertiary alicyclic amines) is 1. The Morgan fingerprint density at radius 2 is 1.70 bits per heavy atom. The highest BCUT2D eigenvalue weighted by Gasteiger charge is 2.54. The van der Waals surface area contributed by atoms with E-state index >= 15 is 0 Å². The van der Waals surface area contributed by atoms with Crippen LogP contribution in [0.3, 0.4) is 0 Å². The van der Waals surface area contributed by atoms with E-state index in [1.165, 1.54) is 4.90 Å². The van der Waals surface area contributed by atoms with Crippen molar-refractivity contribution in [1.29, 1.82) is 0 Å². The molecular formula is C22H24BrNO3. The summed E-state index contributed by atoms with van der Waals surface area (Å²) in [5, 5.41) is 0. The number of halogens is 1. The molecule has 2 aromatic carbocycles. The van der Waals surface area contributed by atoms with Crippen LogP contribution < -0.4 is 0 Å². The molecule has 0 aromatic heterocycles. The van der Waals surface area contributed by atoms with E-state index in [1.54, 1.807) is 20.8 Å². The van der Waals surface area contributed by atoms with E-state index < -0.39 is 17.1 Å². The molecule has 0 bridgehead atoms. The van der Waals surface area contributed by atoms with Crippen LogP contribution in [-0.4, -0.2) is 29.0 Å². The Balaban J connectivity index is 2.05. The Bertz CT molecular complexity index is 842. The molecule has 0 radical (unpaired) electrons. The third-order valence-corrected chi connectivity index (χ3v) is 5.54. The molecule has 1 fully saturated rings. The van der Waals surface area contributed by atoms with Gasteiger partial charge < -0.3 is 4.74 Å². The van der Waals surface area contributed by atoms with Crippen molar-refractivity contribution in [3.8, 4) is 0 Å². The van der Waals surface area contributed by atoms with E-state index in [9.17, 15) is 9.59 Å². The van der Waals surface area contributed by atoms with Crippen molar-refractivity contribution in [3.05, 3.63) is 70.2 Å². The zero-order valence-electron chi connectivity index (χ0n) is 16.0. The standard InChI is InChI=1S/C22H24BrNO3/c1-21(2,3)27-20(26)24-14-18(15-10-12-17(23)13-11-15)22(4,19(24)25)16-8-6-5-7-9-16/h5-13,18H,14H2,1-4H3/t18-,22+/m0/s1. The van der Waals surface area contributed by atoms with Crippen LogP contribution in [0.4, 0.5) is 4.79 Å². The van der Waals surface area contributed by atoms with Gasteiger partial charge in [0.05, 0.1) is 5.41 Å². The molecule has 5 heteroatoms. The Kier molecular flexibility index (Phi) is 5.17. The minimum atomic E-state index is -0.841. The van der Waals surface area contributed by atoms with Crippen molar-refractivity contribution in [2.24, 2.45) is 0 Å². The van der Waals surface area contributed by atoms with E-state index in [0.29, 0.717) is 6.54 Å². The summed E-state index contributed by atoms with van der Waals surface area (Å²) in [6.07, 6.45) is -0.589. The van der Waals surface area contributed by atoms with Crippen LogP contribution in [0.25, 0.3) is 0 Å². The maximum Gasteiger partial charge on any atom is 0.417 e. The van der Waals surface area contributed by atoms with Gasteiger partial charge in [-0.25, -0.2) is 9.69 Å². The van der Waals surface area contributed by atoms with Gasteiger partial charge in [-0.3, -0.25) is 4.79 Å². The summed E-state index contributed by atoms with van der Waals surface area (Å²) in [5.74, 6) is -0.385. The van der Waals surface area contributed by atoms with E-state index in [1.807, 2.05) is 61.5 Å². The van der Waals surface area contributed by atoms with E-state index in [4.69, 9.17) is 4.74 Å². The third kappa shape index (κ3) is 3.79. The van der Waals surface area contributed by atoms with Crippen molar-refractivity contribution in [1.82, 2.24) is 4.90 Å². The predicted molar refractivity (Wildman–Crippen MR) is 109 cm³/mol. The van der Waals surface area contributed by atoms with Gasteiger partial charge in [0.1, 0.15) is 5.60 Å². The molecule has 1 aliphatic rings. The van der Waals surface area contributed by atoms with Crippen molar-refractivity contribution in [2.75, 3.05) is 6.54 Å². The highest BCUT2D eigenvalue weighted by Crippen LogP contribution is 2.46. The summed E-state index contributed by atoms with van der Waals surface area (Å²) in [6, 6.07) is 17.6. The molecule has 0 N–H and O–H groups in total. The molecular weight excluding hydrogens is 406 g/mol. The summed E-state index contributed by atoms with van der Waals surface area (Å²) in [5.41, 5.74) is 0.417. The van der Waals surface area contributed by atoms with Crippen LogP contribution in [-0.2, 0) is 14.9 Å². The highest BCUT2D eigenvalue weighted by atomic mass is 79.9. The van der Waals surface area contributed by atoms with Crippen molar-refractivity contribution < 1.29 is 14.3 Å². The Labute approximate surface area is 168 Å². The zero-order chi connectivity index (χ0) is 19.8. The summed E-state index contributed by atoms with van der Waals surface area (Å²) in [6.45, 7) is 7.61. The van der Waals surface area contributed by atoms with Crippen LogP contribution in [0.5, 0.6) is 0 Å². The average Bonchev–Trinajstić information content (AvgIpc) is 2.88. The molecule has 27 heavy (non-hydrogen) atoms. The van der Waals surface area contributed by atoms with Crippen molar-refractivity contribution >= 4 is 27.9 Å². The fraction of sp³-hybridized carbons (Fsp3) is 0.364. The Morgan fingerprint density at radius 3 is 2.26 bits per heavy atom. The third-order valence-electron chi connectivity index (χ3n) is 5.01. The molecule has 0 aliphatic carbocycles. The van der Waals surface area contributed by atoms with Crippen molar-refractivity contribution in [2.45, 2.75) is 44.6 Å². The lowest BCUT2D eigenvalue weighted by atomic mass is 9.71. The number of hydrogen-bond donors (Lipinski definition) is 0. The fourth-order valence-electron chi connectivity index (χ4n) is 3.59. The van der Waals surface area contributed by atoms with Crippen LogP contribution in [0.15, 0.2) is 59.1 Å². The van der Waals surface area contributed by atoms with Gasteiger partial charge in [0.2, 0.25) is 5.91 Å². The van der Waals surface area contributed by atoms with Crippen LogP contribution in [0.2, 0.25) is 0 Å². The summed E-state index contributed by atoms with van der Waals surface area (Å²) in [4.78, 5) is 27.4. The Morgan fingerprint density at radius 1 is 1.11 bits per heavy atom. The smallest absolute Gasteiger partial charge is 0.417 e. The van der Waals surface area contributed by atoms with Gasteiger partial charge >= 0.3 is 6.09 Å². The number of rotatable bonds is 2. The number of carbonyl (C=O) groups excluding carboxylic acids is 2. The first-order chi connectivity index (χ1) is 12.6. The van der Waals surface area contributed by atoms with Gasteiger partial charge in [0, 0.05) is 16.9 Å². The molecule has 0 unspecified atom stereocenters. The van der Waals surface area contributed by atoms with Gasteiger partial charge in [0.25, 0.3) is 0 Å². The number of hydrogen-bond acceptors (Lipinski definition) is 3. The molecule has 4 nitrogen and oxygen atoms in total. The largest absolute Gasteiger partial charge is 0.443 e. The lowest BCUT2D eigenvalue weighted by molar-refractivity contribution is -0.131. The molecule has 0 spiro atoms. The first-order valence-electron chi connectivity index (χ1n) is 8.99. The van der Waals surface area contributed by atoms with Gasteiger partial charge in [-0.1, -0.05) is 58.4 Å². The molecule has 142 valence electrons. The van der Waals surface area contributed by atoms with Gasteiger partial charge in [0.15, 0.2) is 0 Å². The summed E-state index contributed by atoms with van der Waals surface area (Å²) in [7, 11) is 0. The number of imide groups is 1. The topological polar surface area (TPSA) is 46.6 Å². The summed E-state index contributed by atoms with van der Waals surface area (Å²) < 4.78 is 6.46. The predicted octanol–water partition coefficient (Wildman–Crippen LogP) is 5.27. The molecule has 1 aliphatic heterocycles. The number of nitrogens with zero attached hydrogens (tertiary/aromatic N) is 1. The fourth-order valence-corrected chi connectivity index (χ4v) is 3.86. The second-order valence-corrected chi connectivity index (χ2v) is 8.98. The van der Waals surface area contributed by atoms with E-state index in [-0.39, 0.29) is 11.8 Å². The van der Waals surface area contributed by atoms with Gasteiger partial charge in [-0.15, -0.1) is 0 Å². The zero-order valence-corrected chi connectivity index (χ0v) is 17.6. The first-order valence-corrected chi connectivity index (χ1v) is 9.78. The van der Waals surface area contributed by atoms with Gasteiger partial charge in [-0.05, 0) is 51.0 Å². The lowest BCUT2D eigenvalue weighted by Crippen LogP contribution is -2.42.